The molecule has 0 atom stereocenters. The summed E-state index contributed by atoms with van der Waals surface area (Å²) in [5.74, 6) is 0.215. The van der Waals surface area contributed by atoms with Crippen molar-refractivity contribution in [1.29, 1.82) is 0 Å². The Balaban J connectivity index is 2.17. The number of hydrogen-bond donors (Lipinski definition) is 1. The highest BCUT2D eigenvalue weighted by atomic mass is 16.3. The zero-order valence-corrected chi connectivity index (χ0v) is 11.8. The maximum atomic E-state index is 11.5. The van der Waals surface area contributed by atoms with E-state index < -0.39 is 0 Å². The molecule has 5 heteroatoms. The van der Waals surface area contributed by atoms with Gasteiger partial charge in [-0.05, 0) is 32.5 Å². The molecule has 1 heterocycles. The Kier molecular flexibility index (Phi) is 7.23. The molecule has 0 aliphatic carbocycles. The van der Waals surface area contributed by atoms with Gasteiger partial charge in [0.25, 0.3) is 0 Å². The summed E-state index contributed by atoms with van der Waals surface area (Å²) in [5.41, 5.74) is 0. The number of carbonyl (C=O) groups excluding carboxylic acids is 1. The summed E-state index contributed by atoms with van der Waals surface area (Å²) in [4.78, 5) is 17.9. The van der Waals surface area contributed by atoms with E-state index in [4.69, 9.17) is 5.11 Å². The molecule has 18 heavy (non-hydrogen) atoms. The van der Waals surface area contributed by atoms with Crippen molar-refractivity contribution in [3.8, 4) is 0 Å². The molecule has 0 aromatic heterocycles. The SMILES string of the molecule is CN(C)C(=O)CCCN1CCCN(CCO)CC1. The Morgan fingerprint density at radius 3 is 2.28 bits per heavy atom. The quantitative estimate of drug-likeness (QED) is 0.719. The normalized spacial score (nSPS) is 18.6. The number of β-amino-alcohol motifs (C(OH)–C–C–N with tert-alkyl or cyclic N) is 1. The first-order valence-corrected chi connectivity index (χ1v) is 6.89. The maximum absolute atomic E-state index is 11.5. The number of aliphatic hydroxyl groups excluding tert-OH is 1. The van der Waals surface area contributed by atoms with Crippen LogP contribution in [0.5, 0.6) is 0 Å². The lowest BCUT2D eigenvalue weighted by atomic mass is 10.2. The predicted octanol–water partition coefficient (Wildman–Crippen LogP) is -0.145. The van der Waals surface area contributed by atoms with Gasteiger partial charge >= 0.3 is 0 Å². The summed E-state index contributed by atoms with van der Waals surface area (Å²) in [7, 11) is 3.61. The van der Waals surface area contributed by atoms with E-state index in [9.17, 15) is 4.79 Å². The van der Waals surface area contributed by atoms with E-state index in [1.807, 2.05) is 0 Å². The summed E-state index contributed by atoms with van der Waals surface area (Å²) >= 11 is 0. The fourth-order valence-corrected chi connectivity index (χ4v) is 2.29. The minimum absolute atomic E-state index is 0.215. The lowest BCUT2D eigenvalue weighted by Gasteiger charge is -2.21. The summed E-state index contributed by atoms with van der Waals surface area (Å²) in [6, 6.07) is 0. The third-order valence-corrected chi connectivity index (χ3v) is 3.46. The monoisotopic (exact) mass is 257 g/mol. The van der Waals surface area contributed by atoms with Crippen LogP contribution in [0.25, 0.3) is 0 Å². The highest BCUT2D eigenvalue weighted by Crippen LogP contribution is 2.05. The fourth-order valence-electron chi connectivity index (χ4n) is 2.29. The lowest BCUT2D eigenvalue weighted by molar-refractivity contribution is -0.128. The molecular formula is C13H27N3O2. The molecule has 0 aromatic carbocycles. The Bertz CT molecular complexity index is 246. The first kappa shape index (κ1) is 15.4. The van der Waals surface area contributed by atoms with Gasteiger partial charge in [0.15, 0.2) is 0 Å². The van der Waals surface area contributed by atoms with Crippen molar-refractivity contribution in [3.63, 3.8) is 0 Å². The molecule has 1 aliphatic heterocycles. The Morgan fingerprint density at radius 2 is 1.72 bits per heavy atom. The van der Waals surface area contributed by atoms with Crippen LogP contribution in [0.3, 0.4) is 0 Å². The smallest absolute Gasteiger partial charge is 0.222 e. The van der Waals surface area contributed by atoms with E-state index >= 15 is 0 Å². The van der Waals surface area contributed by atoms with Crippen LogP contribution in [0.2, 0.25) is 0 Å². The highest BCUT2D eigenvalue weighted by Gasteiger charge is 2.14. The highest BCUT2D eigenvalue weighted by molar-refractivity contribution is 5.75. The average Bonchev–Trinajstić information content (AvgIpc) is 2.55. The van der Waals surface area contributed by atoms with E-state index in [1.54, 1.807) is 19.0 Å². The summed E-state index contributed by atoms with van der Waals surface area (Å²) < 4.78 is 0. The van der Waals surface area contributed by atoms with Crippen molar-refractivity contribution >= 4 is 5.91 Å². The molecule has 0 aromatic rings. The van der Waals surface area contributed by atoms with Crippen LogP contribution in [-0.2, 0) is 4.79 Å². The molecule has 106 valence electrons. The van der Waals surface area contributed by atoms with Gasteiger partial charge in [0, 0.05) is 40.2 Å². The molecular weight excluding hydrogens is 230 g/mol. The van der Waals surface area contributed by atoms with Crippen LogP contribution in [0, 0.1) is 0 Å². The maximum Gasteiger partial charge on any atom is 0.222 e. The minimum atomic E-state index is 0.215. The third-order valence-electron chi connectivity index (χ3n) is 3.46. The van der Waals surface area contributed by atoms with Crippen LogP contribution < -0.4 is 0 Å². The molecule has 0 bridgehead atoms. The number of nitrogens with zero attached hydrogens (tertiary/aromatic N) is 3. The summed E-state index contributed by atoms with van der Waals surface area (Å²) in [5, 5.41) is 8.93. The Morgan fingerprint density at radius 1 is 1.11 bits per heavy atom. The zero-order valence-electron chi connectivity index (χ0n) is 11.8. The molecule has 1 aliphatic rings. The van der Waals surface area contributed by atoms with Crippen molar-refractivity contribution < 1.29 is 9.90 Å². The second-order valence-corrected chi connectivity index (χ2v) is 5.15. The van der Waals surface area contributed by atoms with Crippen molar-refractivity contribution in [1.82, 2.24) is 14.7 Å². The molecule has 1 amide bonds. The first-order valence-electron chi connectivity index (χ1n) is 6.89. The van der Waals surface area contributed by atoms with E-state index in [0.717, 1.165) is 52.1 Å². The van der Waals surface area contributed by atoms with Crippen molar-refractivity contribution in [2.24, 2.45) is 0 Å². The van der Waals surface area contributed by atoms with E-state index in [1.165, 1.54) is 0 Å². The molecule has 0 spiro atoms. The van der Waals surface area contributed by atoms with Crippen LogP contribution >= 0.6 is 0 Å². The average molecular weight is 257 g/mol. The largest absolute Gasteiger partial charge is 0.395 e. The Labute approximate surface area is 110 Å². The van der Waals surface area contributed by atoms with Gasteiger partial charge in [-0.15, -0.1) is 0 Å². The molecule has 0 saturated carbocycles. The van der Waals surface area contributed by atoms with E-state index in [-0.39, 0.29) is 12.5 Å². The Hall–Kier alpha value is -0.650. The molecule has 5 nitrogen and oxygen atoms in total. The molecule has 0 radical (unpaired) electrons. The van der Waals surface area contributed by atoms with Gasteiger partial charge in [-0.1, -0.05) is 0 Å². The first-order chi connectivity index (χ1) is 8.63. The topological polar surface area (TPSA) is 47.0 Å². The third kappa shape index (κ3) is 5.80. The van der Waals surface area contributed by atoms with Crippen molar-refractivity contribution in [2.45, 2.75) is 19.3 Å². The van der Waals surface area contributed by atoms with E-state index in [0.29, 0.717) is 6.42 Å². The van der Waals surface area contributed by atoms with Gasteiger partial charge in [0.1, 0.15) is 0 Å². The summed E-state index contributed by atoms with van der Waals surface area (Å²) in [6.07, 6.45) is 2.74. The van der Waals surface area contributed by atoms with Gasteiger partial charge in [0.05, 0.1) is 6.61 Å². The molecule has 0 unspecified atom stereocenters. The zero-order chi connectivity index (χ0) is 13.4. The van der Waals surface area contributed by atoms with Crippen molar-refractivity contribution in [2.75, 3.05) is 60.0 Å². The molecule has 1 rings (SSSR count). The van der Waals surface area contributed by atoms with E-state index in [2.05, 4.69) is 9.80 Å². The number of amides is 1. The lowest BCUT2D eigenvalue weighted by Crippen LogP contribution is -2.33. The summed E-state index contributed by atoms with van der Waals surface area (Å²) in [6.45, 7) is 6.31. The van der Waals surface area contributed by atoms with Crippen LogP contribution in [0.4, 0.5) is 0 Å². The van der Waals surface area contributed by atoms with Gasteiger partial charge in [0.2, 0.25) is 5.91 Å². The second-order valence-electron chi connectivity index (χ2n) is 5.15. The molecule has 1 N–H and O–H groups in total. The predicted molar refractivity (Wildman–Crippen MR) is 72.5 cm³/mol. The molecule has 1 fully saturated rings. The van der Waals surface area contributed by atoms with Gasteiger partial charge in [-0.2, -0.15) is 0 Å². The number of rotatable bonds is 6. The van der Waals surface area contributed by atoms with Gasteiger partial charge in [-0.3, -0.25) is 9.69 Å². The minimum Gasteiger partial charge on any atom is -0.395 e. The number of carbonyl (C=O) groups is 1. The number of aliphatic hydroxyl groups is 1. The standard InChI is InChI=1S/C13H27N3O2/c1-14(2)13(18)5-3-6-15-7-4-8-16(10-9-15)11-12-17/h17H,3-12H2,1-2H3. The second kappa shape index (κ2) is 8.45. The number of hydrogen-bond acceptors (Lipinski definition) is 4. The van der Waals surface area contributed by atoms with Crippen molar-refractivity contribution in [3.05, 3.63) is 0 Å². The van der Waals surface area contributed by atoms with Crippen LogP contribution in [0.15, 0.2) is 0 Å². The van der Waals surface area contributed by atoms with Gasteiger partial charge in [-0.25, -0.2) is 0 Å². The van der Waals surface area contributed by atoms with Crippen LogP contribution in [-0.4, -0.2) is 85.7 Å². The molecule has 1 saturated heterocycles. The fraction of sp³-hybridized carbons (Fsp3) is 0.923. The van der Waals surface area contributed by atoms with Crippen LogP contribution in [0.1, 0.15) is 19.3 Å². The van der Waals surface area contributed by atoms with Gasteiger partial charge < -0.3 is 14.9 Å².